The molecular weight excluding hydrogens is 274 g/mol. The van der Waals surface area contributed by atoms with Crippen LogP contribution in [0.25, 0.3) is 0 Å². The van der Waals surface area contributed by atoms with E-state index in [9.17, 15) is 9.59 Å². The van der Waals surface area contributed by atoms with Crippen LogP contribution in [-0.4, -0.2) is 22.8 Å². The third-order valence-electron chi connectivity index (χ3n) is 4.86. The number of carbonyl (C=O) groups excluding carboxylic acids is 2. The molecule has 3 nitrogen and oxygen atoms in total. The maximum Gasteiger partial charge on any atom is 0.261 e. The van der Waals surface area contributed by atoms with Gasteiger partial charge in [-0.3, -0.25) is 14.5 Å². The van der Waals surface area contributed by atoms with Crippen LogP contribution in [0.4, 0.5) is 0 Å². The fraction of sp³-hybridized carbons (Fsp3) is 0.263. The molecule has 110 valence electrons. The van der Waals surface area contributed by atoms with Gasteiger partial charge in [-0.15, -0.1) is 0 Å². The minimum atomic E-state index is -0.131. The van der Waals surface area contributed by atoms with Gasteiger partial charge in [0.1, 0.15) is 0 Å². The van der Waals surface area contributed by atoms with E-state index in [0.29, 0.717) is 11.1 Å². The average molecular weight is 291 g/mol. The number of imide groups is 1. The van der Waals surface area contributed by atoms with Gasteiger partial charge in [0.15, 0.2) is 0 Å². The number of rotatable bonds is 2. The lowest BCUT2D eigenvalue weighted by atomic mass is 9.93. The molecule has 1 aliphatic carbocycles. The van der Waals surface area contributed by atoms with E-state index in [1.54, 1.807) is 12.1 Å². The molecular formula is C19H17NO2. The van der Waals surface area contributed by atoms with Crippen molar-refractivity contribution in [2.45, 2.75) is 31.2 Å². The zero-order valence-electron chi connectivity index (χ0n) is 12.2. The van der Waals surface area contributed by atoms with Gasteiger partial charge < -0.3 is 0 Å². The van der Waals surface area contributed by atoms with Crippen LogP contribution < -0.4 is 0 Å². The third kappa shape index (κ3) is 1.89. The quantitative estimate of drug-likeness (QED) is 0.792. The lowest BCUT2D eigenvalue weighted by Crippen LogP contribution is -2.41. The predicted octanol–water partition coefficient (Wildman–Crippen LogP) is 3.62. The van der Waals surface area contributed by atoms with Crippen LogP contribution in [-0.2, 0) is 0 Å². The van der Waals surface area contributed by atoms with Crippen LogP contribution >= 0.6 is 0 Å². The Morgan fingerprint density at radius 2 is 1.36 bits per heavy atom. The number of fused-ring (bicyclic) bond motifs is 1. The van der Waals surface area contributed by atoms with E-state index < -0.39 is 0 Å². The molecule has 0 bridgehead atoms. The first-order valence-electron chi connectivity index (χ1n) is 7.79. The van der Waals surface area contributed by atoms with E-state index in [-0.39, 0.29) is 23.8 Å². The van der Waals surface area contributed by atoms with Gasteiger partial charge >= 0.3 is 0 Å². The molecule has 22 heavy (non-hydrogen) atoms. The predicted molar refractivity (Wildman–Crippen MR) is 83.8 cm³/mol. The number of hydrogen-bond acceptors (Lipinski definition) is 2. The normalized spacial score (nSPS) is 23.9. The second-order valence-electron chi connectivity index (χ2n) is 6.04. The van der Waals surface area contributed by atoms with E-state index in [2.05, 4.69) is 12.1 Å². The summed E-state index contributed by atoms with van der Waals surface area (Å²) in [6.07, 6.45) is 2.98. The van der Waals surface area contributed by atoms with Crippen molar-refractivity contribution in [3.05, 3.63) is 71.3 Å². The van der Waals surface area contributed by atoms with Gasteiger partial charge in [-0.2, -0.15) is 0 Å². The molecule has 0 N–H and O–H groups in total. The Kier molecular flexibility index (Phi) is 3.07. The Morgan fingerprint density at radius 1 is 0.773 bits per heavy atom. The van der Waals surface area contributed by atoms with Crippen molar-refractivity contribution in [2.24, 2.45) is 0 Å². The second-order valence-corrected chi connectivity index (χ2v) is 6.04. The van der Waals surface area contributed by atoms with Gasteiger partial charge in [0.2, 0.25) is 0 Å². The van der Waals surface area contributed by atoms with Crippen LogP contribution in [0, 0.1) is 0 Å². The molecule has 1 unspecified atom stereocenters. The van der Waals surface area contributed by atoms with Crippen molar-refractivity contribution in [3.8, 4) is 0 Å². The van der Waals surface area contributed by atoms with Gasteiger partial charge in [0, 0.05) is 12.0 Å². The summed E-state index contributed by atoms with van der Waals surface area (Å²) in [6, 6.07) is 17.4. The summed E-state index contributed by atoms with van der Waals surface area (Å²) in [7, 11) is 0. The molecule has 1 aliphatic heterocycles. The summed E-state index contributed by atoms with van der Waals surface area (Å²) in [6.45, 7) is 0. The fourth-order valence-electron chi connectivity index (χ4n) is 3.85. The summed E-state index contributed by atoms with van der Waals surface area (Å²) in [5.41, 5.74) is 2.32. The molecule has 2 aromatic carbocycles. The maximum atomic E-state index is 12.7. The SMILES string of the molecule is O=C1c2ccccc2C(=O)N1[C@@H]1CCCC1c1ccccc1. The van der Waals surface area contributed by atoms with Crippen molar-refractivity contribution in [1.29, 1.82) is 0 Å². The zero-order chi connectivity index (χ0) is 15.1. The van der Waals surface area contributed by atoms with Gasteiger partial charge in [-0.25, -0.2) is 0 Å². The van der Waals surface area contributed by atoms with Gasteiger partial charge in [-0.1, -0.05) is 48.9 Å². The molecule has 4 rings (SSSR count). The highest BCUT2D eigenvalue weighted by atomic mass is 16.2. The minimum Gasteiger partial charge on any atom is -0.271 e. The monoisotopic (exact) mass is 291 g/mol. The highest BCUT2D eigenvalue weighted by molar-refractivity contribution is 6.21. The average Bonchev–Trinajstić information content (AvgIpc) is 3.13. The van der Waals surface area contributed by atoms with Crippen molar-refractivity contribution in [1.82, 2.24) is 4.90 Å². The molecule has 0 radical (unpaired) electrons. The van der Waals surface area contributed by atoms with E-state index in [0.717, 1.165) is 19.3 Å². The molecule has 0 saturated heterocycles. The zero-order valence-corrected chi connectivity index (χ0v) is 12.2. The summed E-state index contributed by atoms with van der Waals surface area (Å²) in [5.74, 6) is -0.00901. The molecule has 2 aliphatic rings. The molecule has 2 atom stereocenters. The smallest absolute Gasteiger partial charge is 0.261 e. The van der Waals surface area contributed by atoms with Crippen molar-refractivity contribution < 1.29 is 9.59 Å². The Morgan fingerprint density at radius 3 is 2.00 bits per heavy atom. The van der Waals surface area contributed by atoms with Crippen LogP contribution in [0.2, 0.25) is 0 Å². The van der Waals surface area contributed by atoms with Crippen molar-refractivity contribution in [3.63, 3.8) is 0 Å². The Hall–Kier alpha value is -2.42. The highest BCUT2D eigenvalue weighted by Gasteiger charge is 2.44. The molecule has 3 heteroatoms. The maximum absolute atomic E-state index is 12.7. The first-order valence-corrected chi connectivity index (χ1v) is 7.79. The van der Waals surface area contributed by atoms with E-state index in [4.69, 9.17) is 0 Å². The molecule has 2 amide bonds. The topological polar surface area (TPSA) is 37.4 Å². The minimum absolute atomic E-state index is 0.0187. The third-order valence-corrected chi connectivity index (χ3v) is 4.86. The summed E-state index contributed by atoms with van der Waals surface area (Å²) in [5, 5.41) is 0. The Balaban J connectivity index is 1.71. The summed E-state index contributed by atoms with van der Waals surface area (Å²) in [4.78, 5) is 26.9. The van der Waals surface area contributed by atoms with Crippen LogP contribution in [0.15, 0.2) is 54.6 Å². The largest absolute Gasteiger partial charge is 0.271 e. The lowest BCUT2D eigenvalue weighted by Gasteiger charge is -2.28. The molecule has 1 fully saturated rings. The molecule has 2 aromatic rings. The fourth-order valence-corrected chi connectivity index (χ4v) is 3.85. The van der Waals surface area contributed by atoms with E-state index in [1.807, 2.05) is 30.3 Å². The first-order chi connectivity index (χ1) is 10.8. The molecule has 1 heterocycles. The number of nitrogens with zero attached hydrogens (tertiary/aromatic N) is 1. The van der Waals surface area contributed by atoms with Gasteiger partial charge in [-0.05, 0) is 30.5 Å². The van der Waals surface area contributed by atoms with Crippen molar-refractivity contribution >= 4 is 11.8 Å². The Labute approximate surface area is 129 Å². The number of carbonyl (C=O) groups is 2. The first kappa shape index (κ1) is 13.3. The lowest BCUT2D eigenvalue weighted by molar-refractivity contribution is 0.0574. The second kappa shape index (κ2) is 5.09. The van der Waals surface area contributed by atoms with Crippen LogP contribution in [0.3, 0.4) is 0 Å². The summed E-state index contributed by atoms with van der Waals surface area (Å²) >= 11 is 0. The van der Waals surface area contributed by atoms with E-state index in [1.165, 1.54) is 10.5 Å². The molecule has 0 aromatic heterocycles. The van der Waals surface area contributed by atoms with Crippen LogP contribution in [0.1, 0.15) is 51.5 Å². The standard InChI is InChI=1S/C19H17NO2/c21-18-15-9-4-5-10-16(15)19(22)20(18)17-12-6-11-14(17)13-7-2-1-3-8-13/h1-5,7-10,14,17H,6,11-12H2/t14?,17-/m1/s1. The highest BCUT2D eigenvalue weighted by Crippen LogP contribution is 2.40. The van der Waals surface area contributed by atoms with Crippen molar-refractivity contribution in [2.75, 3.05) is 0 Å². The van der Waals surface area contributed by atoms with E-state index >= 15 is 0 Å². The Bertz CT molecular complexity index is 703. The number of amides is 2. The van der Waals surface area contributed by atoms with Gasteiger partial charge in [0.05, 0.1) is 11.1 Å². The van der Waals surface area contributed by atoms with Gasteiger partial charge in [0.25, 0.3) is 11.8 Å². The summed E-state index contributed by atoms with van der Waals surface area (Å²) < 4.78 is 0. The number of benzene rings is 2. The molecule has 1 saturated carbocycles. The molecule has 0 spiro atoms. The number of hydrogen-bond donors (Lipinski definition) is 0. The van der Waals surface area contributed by atoms with Crippen LogP contribution in [0.5, 0.6) is 0 Å².